The van der Waals surface area contributed by atoms with Crippen molar-refractivity contribution in [3.05, 3.63) is 35.4 Å². The number of nitrogens with one attached hydrogen (secondary N) is 1. The minimum absolute atomic E-state index is 0.215. The zero-order chi connectivity index (χ0) is 17.8. The van der Waals surface area contributed by atoms with Crippen molar-refractivity contribution >= 4 is 17.8 Å². The van der Waals surface area contributed by atoms with E-state index in [1.807, 2.05) is 6.92 Å². The van der Waals surface area contributed by atoms with Crippen molar-refractivity contribution in [3.63, 3.8) is 0 Å². The number of guanidine groups is 1. The lowest BCUT2D eigenvalue weighted by Gasteiger charge is -2.33. The lowest BCUT2D eigenvalue weighted by atomic mass is 10.00. The summed E-state index contributed by atoms with van der Waals surface area (Å²) in [7, 11) is 0. The average molecular weight is 342 g/mol. The molecule has 0 atom stereocenters. The first-order valence-corrected chi connectivity index (χ1v) is 9.10. The maximum absolute atomic E-state index is 12.4. The van der Waals surface area contributed by atoms with Gasteiger partial charge in [0.25, 0.3) is 11.8 Å². The number of piperidine rings is 1. The van der Waals surface area contributed by atoms with Crippen molar-refractivity contribution in [2.24, 2.45) is 10.9 Å². The normalized spacial score (nSPS) is 18.7. The second-order valence-corrected chi connectivity index (χ2v) is 6.71. The number of carbonyl (C=O) groups excluding carboxylic acids is 2. The molecule has 134 valence electrons. The van der Waals surface area contributed by atoms with E-state index in [-0.39, 0.29) is 11.8 Å². The Labute approximate surface area is 148 Å². The van der Waals surface area contributed by atoms with Crippen molar-refractivity contribution in [1.29, 1.82) is 0 Å². The van der Waals surface area contributed by atoms with E-state index in [0.29, 0.717) is 24.2 Å². The third-order valence-electron chi connectivity index (χ3n) is 4.88. The predicted molar refractivity (Wildman–Crippen MR) is 97.8 cm³/mol. The van der Waals surface area contributed by atoms with Crippen LogP contribution < -0.4 is 5.32 Å². The fourth-order valence-electron chi connectivity index (χ4n) is 3.34. The second-order valence-electron chi connectivity index (χ2n) is 6.71. The minimum Gasteiger partial charge on any atom is -0.357 e. The molecule has 3 rings (SSSR count). The summed E-state index contributed by atoms with van der Waals surface area (Å²) in [6.07, 6.45) is 2.34. The highest BCUT2D eigenvalue weighted by Crippen LogP contribution is 2.22. The molecule has 1 aromatic carbocycles. The molecule has 1 N–H and O–H groups in total. The summed E-state index contributed by atoms with van der Waals surface area (Å²) in [5, 5.41) is 3.32. The quantitative estimate of drug-likeness (QED) is 0.516. The van der Waals surface area contributed by atoms with Gasteiger partial charge in [0.05, 0.1) is 17.7 Å². The summed E-state index contributed by atoms with van der Waals surface area (Å²) < 4.78 is 0. The topological polar surface area (TPSA) is 65.0 Å². The number of amides is 2. The van der Waals surface area contributed by atoms with Crippen LogP contribution in [0.1, 0.15) is 47.4 Å². The molecule has 0 radical (unpaired) electrons. The van der Waals surface area contributed by atoms with E-state index in [1.54, 1.807) is 24.3 Å². The van der Waals surface area contributed by atoms with Gasteiger partial charge in [0, 0.05) is 26.2 Å². The van der Waals surface area contributed by atoms with E-state index in [1.165, 1.54) is 17.7 Å². The number of aliphatic imine (C=N–C) groups is 1. The van der Waals surface area contributed by atoms with E-state index in [0.717, 1.165) is 31.5 Å². The summed E-state index contributed by atoms with van der Waals surface area (Å²) in [6.45, 7) is 7.86. The number of carbonyl (C=O) groups is 2. The van der Waals surface area contributed by atoms with Crippen LogP contribution in [0.5, 0.6) is 0 Å². The predicted octanol–water partition coefficient (Wildman–Crippen LogP) is 1.98. The monoisotopic (exact) mass is 342 g/mol. The van der Waals surface area contributed by atoms with Gasteiger partial charge < -0.3 is 10.2 Å². The van der Waals surface area contributed by atoms with Gasteiger partial charge in [0.15, 0.2) is 5.96 Å². The maximum atomic E-state index is 12.4. The van der Waals surface area contributed by atoms with Crippen LogP contribution in [-0.2, 0) is 0 Å². The van der Waals surface area contributed by atoms with Crippen molar-refractivity contribution in [1.82, 2.24) is 15.1 Å². The Bertz CT molecular complexity index is 643. The molecule has 0 unspecified atom stereocenters. The molecular formula is C19H26N4O2. The molecule has 1 saturated heterocycles. The molecule has 6 nitrogen and oxygen atoms in total. The van der Waals surface area contributed by atoms with Gasteiger partial charge in [-0.2, -0.15) is 0 Å². The van der Waals surface area contributed by atoms with Gasteiger partial charge in [-0.3, -0.25) is 19.5 Å². The summed E-state index contributed by atoms with van der Waals surface area (Å²) in [4.78, 5) is 33.0. The highest BCUT2D eigenvalue weighted by Gasteiger charge is 2.34. The van der Waals surface area contributed by atoms with Crippen LogP contribution in [0.25, 0.3) is 0 Å². The SMILES string of the molecule is CCNC(=NCCN1C(=O)c2ccccc2C1=O)N1CCC(C)CC1. The molecular weight excluding hydrogens is 316 g/mol. The van der Waals surface area contributed by atoms with E-state index >= 15 is 0 Å². The molecule has 2 amide bonds. The van der Waals surface area contributed by atoms with Crippen LogP contribution in [0, 0.1) is 5.92 Å². The van der Waals surface area contributed by atoms with Crippen LogP contribution in [0.2, 0.25) is 0 Å². The fourth-order valence-corrected chi connectivity index (χ4v) is 3.34. The third-order valence-corrected chi connectivity index (χ3v) is 4.88. The van der Waals surface area contributed by atoms with Gasteiger partial charge in [0.1, 0.15) is 0 Å². The average Bonchev–Trinajstić information content (AvgIpc) is 2.87. The number of benzene rings is 1. The molecule has 2 aliphatic heterocycles. The fraction of sp³-hybridized carbons (Fsp3) is 0.526. The standard InChI is InChI=1S/C19H26N4O2/c1-3-20-19(22-11-8-14(2)9-12-22)21-10-13-23-17(24)15-6-4-5-7-16(15)18(23)25/h4-7,14H,3,8-13H2,1-2H3,(H,20,21). The number of rotatable bonds is 4. The minimum atomic E-state index is -0.215. The molecule has 1 aromatic rings. The second kappa shape index (κ2) is 7.68. The Morgan fingerprint density at radius 3 is 2.32 bits per heavy atom. The number of nitrogens with zero attached hydrogens (tertiary/aromatic N) is 3. The number of likely N-dealkylation sites (tertiary alicyclic amines) is 1. The maximum Gasteiger partial charge on any atom is 0.261 e. The molecule has 0 spiro atoms. The lowest BCUT2D eigenvalue weighted by Crippen LogP contribution is -2.45. The van der Waals surface area contributed by atoms with Gasteiger partial charge in [-0.25, -0.2) is 0 Å². The molecule has 2 heterocycles. The molecule has 0 bridgehead atoms. The Hall–Kier alpha value is -2.37. The van der Waals surface area contributed by atoms with Crippen LogP contribution in [0.3, 0.4) is 0 Å². The molecule has 6 heteroatoms. The van der Waals surface area contributed by atoms with Crippen LogP contribution in [0.4, 0.5) is 0 Å². The Kier molecular flexibility index (Phi) is 5.36. The van der Waals surface area contributed by atoms with Crippen molar-refractivity contribution in [2.75, 3.05) is 32.7 Å². The van der Waals surface area contributed by atoms with Crippen molar-refractivity contribution < 1.29 is 9.59 Å². The number of imide groups is 1. The molecule has 0 aromatic heterocycles. The third kappa shape index (κ3) is 3.67. The zero-order valence-electron chi connectivity index (χ0n) is 15.0. The van der Waals surface area contributed by atoms with Gasteiger partial charge in [0.2, 0.25) is 0 Å². The van der Waals surface area contributed by atoms with E-state index < -0.39 is 0 Å². The highest BCUT2D eigenvalue weighted by atomic mass is 16.2. The van der Waals surface area contributed by atoms with E-state index in [4.69, 9.17) is 0 Å². The first-order chi connectivity index (χ1) is 12.1. The van der Waals surface area contributed by atoms with E-state index in [9.17, 15) is 9.59 Å². The summed E-state index contributed by atoms with van der Waals surface area (Å²) in [5.41, 5.74) is 0.988. The smallest absolute Gasteiger partial charge is 0.261 e. The highest BCUT2D eigenvalue weighted by molar-refractivity contribution is 6.21. The van der Waals surface area contributed by atoms with Gasteiger partial charge >= 0.3 is 0 Å². The molecule has 25 heavy (non-hydrogen) atoms. The van der Waals surface area contributed by atoms with Crippen LogP contribution in [0.15, 0.2) is 29.3 Å². The lowest BCUT2D eigenvalue weighted by molar-refractivity contribution is 0.0659. The number of fused-ring (bicyclic) bond motifs is 1. The first kappa shape index (κ1) is 17.5. The van der Waals surface area contributed by atoms with Gasteiger partial charge in [-0.05, 0) is 37.8 Å². The summed E-state index contributed by atoms with van der Waals surface area (Å²) in [6, 6.07) is 6.98. The zero-order valence-corrected chi connectivity index (χ0v) is 15.0. The summed E-state index contributed by atoms with van der Waals surface area (Å²) >= 11 is 0. The van der Waals surface area contributed by atoms with Gasteiger partial charge in [-0.1, -0.05) is 19.1 Å². The van der Waals surface area contributed by atoms with Crippen LogP contribution in [-0.4, -0.2) is 60.3 Å². The summed E-state index contributed by atoms with van der Waals surface area (Å²) in [5.74, 6) is 1.21. The van der Waals surface area contributed by atoms with Crippen LogP contribution >= 0.6 is 0 Å². The van der Waals surface area contributed by atoms with E-state index in [2.05, 4.69) is 22.1 Å². The molecule has 2 aliphatic rings. The molecule has 0 saturated carbocycles. The Balaban J connectivity index is 1.63. The first-order valence-electron chi connectivity index (χ1n) is 9.10. The van der Waals surface area contributed by atoms with Crippen molar-refractivity contribution in [2.45, 2.75) is 26.7 Å². The Morgan fingerprint density at radius 2 is 1.76 bits per heavy atom. The van der Waals surface area contributed by atoms with Crippen molar-refractivity contribution in [3.8, 4) is 0 Å². The molecule has 0 aliphatic carbocycles. The Morgan fingerprint density at radius 1 is 1.16 bits per heavy atom. The number of hydrogen-bond donors (Lipinski definition) is 1. The molecule has 1 fully saturated rings. The van der Waals surface area contributed by atoms with Gasteiger partial charge in [-0.15, -0.1) is 0 Å². The largest absolute Gasteiger partial charge is 0.357 e. The number of hydrogen-bond acceptors (Lipinski definition) is 3.